The average molecular weight is 303 g/mol. The molecule has 0 unspecified atom stereocenters. The maximum Gasteiger partial charge on any atom is 0.131 e. The molecule has 0 radical (unpaired) electrons. The van der Waals surface area contributed by atoms with Crippen LogP contribution in [-0.4, -0.2) is 5.11 Å². The predicted octanol–water partition coefficient (Wildman–Crippen LogP) is 5.89. The second-order valence-electron chi connectivity index (χ2n) is 5.61. The second-order valence-corrected chi connectivity index (χ2v) is 6.05. The molecule has 0 amide bonds. The number of phenolic OH excluding ortho intramolecular Hbond substituents is 1. The molecular formula is C18H19ClO2. The topological polar surface area (TPSA) is 29.5 Å². The molecule has 3 heteroatoms. The third-order valence-corrected chi connectivity index (χ3v) is 4.32. The minimum Gasteiger partial charge on any atom is -0.508 e. The highest BCUT2D eigenvalue weighted by molar-refractivity contribution is 6.30. The first-order valence-electron chi connectivity index (χ1n) is 7.49. The lowest BCUT2D eigenvalue weighted by Crippen LogP contribution is -2.06. The number of hydrogen-bond acceptors (Lipinski definition) is 2. The van der Waals surface area contributed by atoms with Crippen molar-refractivity contribution in [1.29, 1.82) is 0 Å². The summed E-state index contributed by atoms with van der Waals surface area (Å²) in [7, 11) is 0. The van der Waals surface area contributed by atoms with Crippen LogP contribution in [0.25, 0.3) is 0 Å². The third kappa shape index (κ3) is 3.51. The smallest absolute Gasteiger partial charge is 0.131 e. The minimum absolute atomic E-state index is 0.242. The highest BCUT2D eigenvalue weighted by atomic mass is 35.5. The summed E-state index contributed by atoms with van der Waals surface area (Å²) in [6.45, 7) is 0. The fourth-order valence-electron chi connectivity index (χ4n) is 2.99. The number of rotatable bonds is 3. The number of ether oxygens (including phenoxy) is 1. The van der Waals surface area contributed by atoms with Crippen molar-refractivity contribution >= 4 is 11.6 Å². The summed E-state index contributed by atoms with van der Waals surface area (Å²) < 4.78 is 6.00. The molecule has 1 N–H and O–H groups in total. The predicted molar refractivity (Wildman–Crippen MR) is 85.5 cm³/mol. The zero-order valence-electron chi connectivity index (χ0n) is 11.9. The van der Waals surface area contributed by atoms with Gasteiger partial charge in [-0.1, -0.05) is 30.9 Å². The van der Waals surface area contributed by atoms with Crippen molar-refractivity contribution in [2.45, 2.75) is 38.0 Å². The highest BCUT2D eigenvalue weighted by Crippen LogP contribution is 2.40. The van der Waals surface area contributed by atoms with Crippen molar-refractivity contribution in [3.05, 3.63) is 53.1 Å². The van der Waals surface area contributed by atoms with Crippen LogP contribution >= 0.6 is 11.6 Å². The molecule has 2 aromatic carbocycles. The molecule has 0 bridgehead atoms. The lowest BCUT2D eigenvalue weighted by atomic mass is 9.84. The van der Waals surface area contributed by atoms with Crippen LogP contribution in [0.1, 0.15) is 43.6 Å². The molecule has 1 aliphatic carbocycles. The molecule has 1 saturated carbocycles. The summed E-state index contributed by atoms with van der Waals surface area (Å²) in [4.78, 5) is 0. The van der Waals surface area contributed by atoms with Gasteiger partial charge >= 0.3 is 0 Å². The molecule has 1 aliphatic rings. The van der Waals surface area contributed by atoms with Gasteiger partial charge in [-0.15, -0.1) is 0 Å². The summed E-state index contributed by atoms with van der Waals surface area (Å²) in [5.41, 5.74) is 1.20. The number of phenols is 1. The molecule has 110 valence electrons. The van der Waals surface area contributed by atoms with Gasteiger partial charge in [0.1, 0.15) is 17.2 Å². The van der Waals surface area contributed by atoms with Gasteiger partial charge in [0.25, 0.3) is 0 Å². The molecular weight excluding hydrogens is 284 g/mol. The van der Waals surface area contributed by atoms with Crippen molar-refractivity contribution in [3.63, 3.8) is 0 Å². The first-order chi connectivity index (χ1) is 10.2. The van der Waals surface area contributed by atoms with E-state index in [1.54, 1.807) is 24.3 Å². The van der Waals surface area contributed by atoms with Crippen molar-refractivity contribution in [3.8, 4) is 17.2 Å². The van der Waals surface area contributed by atoms with Gasteiger partial charge in [0.2, 0.25) is 0 Å². The summed E-state index contributed by atoms with van der Waals surface area (Å²) in [5, 5.41) is 10.1. The molecule has 3 rings (SSSR count). The molecule has 1 fully saturated rings. The number of aromatic hydroxyl groups is 1. The van der Waals surface area contributed by atoms with Gasteiger partial charge in [-0.2, -0.15) is 0 Å². The van der Waals surface area contributed by atoms with E-state index >= 15 is 0 Å². The zero-order valence-corrected chi connectivity index (χ0v) is 12.6. The number of benzene rings is 2. The number of hydrogen-bond donors (Lipinski definition) is 1. The molecule has 0 aromatic heterocycles. The molecule has 21 heavy (non-hydrogen) atoms. The van der Waals surface area contributed by atoms with E-state index in [1.165, 1.54) is 37.7 Å². The summed E-state index contributed by atoms with van der Waals surface area (Å²) in [6, 6.07) is 12.6. The average Bonchev–Trinajstić information content (AvgIpc) is 2.52. The van der Waals surface area contributed by atoms with Crippen LogP contribution < -0.4 is 4.74 Å². The first kappa shape index (κ1) is 14.3. The lowest BCUT2D eigenvalue weighted by Gasteiger charge is -2.24. The molecule has 2 nitrogen and oxygen atoms in total. The quantitative estimate of drug-likeness (QED) is 0.766. The zero-order chi connectivity index (χ0) is 14.7. The Morgan fingerprint density at radius 1 is 0.952 bits per heavy atom. The molecule has 0 spiro atoms. The van der Waals surface area contributed by atoms with Crippen LogP contribution in [0.5, 0.6) is 17.2 Å². The Balaban J connectivity index is 1.88. The van der Waals surface area contributed by atoms with Crippen LogP contribution in [0.3, 0.4) is 0 Å². The molecule has 0 aliphatic heterocycles. The van der Waals surface area contributed by atoms with E-state index in [0.29, 0.717) is 5.92 Å². The van der Waals surface area contributed by atoms with Gasteiger partial charge in [0.15, 0.2) is 0 Å². The Bertz CT molecular complexity index is 601. The van der Waals surface area contributed by atoms with Crippen LogP contribution in [-0.2, 0) is 0 Å². The lowest BCUT2D eigenvalue weighted by molar-refractivity contribution is 0.418. The standard InChI is InChI=1S/C18H19ClO2/c19-14-6-11-18(21-16-9-7-15(20)8-10-16)17(12-14)13-4-2-1-3-5-13/h6-13,20H,1-5H2. The monoisotopic (exact) mass is 302 g/mol. The van der Waals surface area contributed by atoms with E-state index in [2.05, 4.69) is 0 Å². The minimum atomic E-state index is 0.242. The number of halogens is 1. The van der Waals surface area contributed by atoms with E-state index in [9.17, 15) is 5.11 Å². The van der Waals surface area contributed by atoms with Crippen LogP contribution in [0.2, 0.25) is 5.02 Å². The normalized spacial score (nSPS) is 15.9. The van der Waals surface area contributed by atoms with E-state index in [-0.39, 0.29) is 5.75 Å². The van der Waals surface area contributed by atoms with E-state index in [1.807, 2.05) is 18.2 Å². The summed E-state index contributed by atoms with van der Waals surface area (Å²) in [6.07, 6.45) is 6.27. The summed E-state index contributed by atoms with van der Waals surface area (Å²) in [5.74, 6) is 2.37. The van der Waals surface area contributed by atoms with Gasteiger partial charge in [-0.25, -0.2) is 0 Å². The first-order valence-corrected chi connectivity index (χ1v) is 7.86. The van der Waals surface area contributed by atoms with E-state index in [4.69, 9.17) is 16.3 Å². The van der Waals surface area contributed by atoms with Crippen LogP contribution in [0, 0.1) is 0 Å². The van der Waals surface area contributed by atoms with E-state index in [0.717, 1.165) is 16.5 Å². The van der Waals surface area contributed by atoms with Crippen LogP contribution in [0.15, 0.2) is 42.5 Å². The Kier molecular flexibility index (Phi) is 4.35. The Morgan fingerprint density at radius 3 is 2.38 bits per heavy atom. The maximum atomic E-state index is 9.34. The maximum absolute atomic E-state index is 9.34. The highest BCUT2D eigenvalue weighted by Gasteiger charge is 2.20. The Labute approximate surface area is 130 Å². The van der Waals surface area contributed by atoms with Crippen molar-refractivity contribution in [2.75, 3.05) is 0 Å². The molecule has 0 saturated heterocycles. The fraction of sp³-hybridized carbons (Fsp3) is 0.333. The summed E-state index contributed by atoms with van der Waals surface area (Å²) >= 11 is 6.17. The molecule has 0 atom stereocenters. The largest absolute Gasteiger partial charge is 0.508 e. The molecule has 0 heterocycles. The molecule has 2 aromatic rings. The van der Waals surface area contributed by atoms with Crippen molar-refractivity contribution in [2.24, 2.45) is 0 Å². The van der Waals surface area contributed by atoms with E-state index < -0.39 is 0 Å². The van der Waals surface area contributed by atoms with Crippen LogP contribution in [0.4, 0.5) is 0 Å². The Morgan fingerprint density at radius 2 is 1.67 bits per heavy atom. The van der Waals surface area contributed by atoms with Gasteiger partial charge in [-0.05, 0) is 66.8 Å². The SMILES string of the molecule is Oc1ccc(Oc2ccc(Cl)cc2C2CCCCC2)cc1. The van der Waals surface area contributed by atoms with Gasteiger partial charge in [0.05, 0.1) is 0 Å². The van der Waals surface area contributed by atoms with Gasteiger partial charge in [-0.3, -0.25) is 0 Å². The Hall–Kier alpha value is -1.67. The van der Waals surface area contributed by atoms with Crippen molar-refractivity contribution in [1.82, 2.24) is 0 Å². The van der Waals surface area contributed by atoms with Crippen molar-refractivity contribution < 1.29 is 9.84 Å². The van der Waals surface area contributed by atoms with Gasteiger partial charge in [0, 0.05) is 5.02 Å². The van der Waals surface area contributed by atoms with Gasteiger partial charge < -0.3 is 9.84 Å². The third-order valence-electron chi connectivity index (χ3n) is 4.08. The second kappa shape index (κ2) is 6.40. The fourth-order valence-corrected chi connectivity index (χ4v) is 3.17.